The first-order chi connectivity index (χ1) is 7.36. The Morgan fingerprint density at radius 3 is 3.00 bits per heavy atom. The molecule has 2 rings (SSSR count). The van der Waals surface area contributed by atoms with Gasteiger partial charge >= 0.3 is 0 Å². The molecule has 0 atom stereocenters. The second kappa shape index (κ2) is 4.34. The molecule has 3 heteroatoms. The van der Waals surface area contributed by atoms with Gasteiger partial charge < -0.3 is 9.47 Å². The summed E-state index contributed by atoms with van der Waals surface area (Å²) in [6.07, 6.45) is 2.83. The molecule has 0 fully saturated rings. The van der Waals surface area contributed by atoms with E-state index >= 15 is 0 Å². The van der Waals surface area contributed by atoms with E-state index in [2.05, 4.69) is 4.99 Å². The van der Waals surface area contributed by atoms with Crippen LogP contribution in [0.3, 0.4) is 0 Å². The van der Waals surface area contributed by atoms with Crippen LogP contribution in [0.2, 0.25) is 0 Å². The lowest BCUT2D eigenvalue weighted by Gasteiger charge is -2.17. The van der Waals surface area contributed by atoms with Gasteiger partial charge in [-0.3, -0.25) is 4.99 Å². The highest BCUT2D eigenvalue weighted by molar-refractivity contribution is 5.85. The van der Waals surface area contributed by atoms with Crippen molar-refractivity contribution in [1.29, 1.82) is 0 Å². The Balaban J connectivity index is 2.50. The van der Waals surface area contributed by atoms with Gasteiger partial charge in [0.15, 0.2) is 11.5 Å². The highest BCUT2D eigenvalue weighted by Crippen LogP contribution is 2.34. The van der Waals surface area contributed by atoms with Gasteiger partial charge in [0.1, 0.15) is 0 Å². The molecule has 0 aromatic heterocycles. The molecular formula is C12H15NO2. The topological polar surface area (TPSA) is 30.8 Å². The van der Waals surface area contributed by atoms with Crippen molar-refractivity contribution in [2.75, 3.05) is 20.3 Å². The zero-order valence-corrected chi connectivity index (χ0v) is 9.12. The Hall–Kier alpha value is -1.51. The van der Waals surface area contributed by atoms with Gasteiger partial charge in [-0.05, 0) is 31.0 Å². The number of benzene rings is 1. The van der Waals surface area contributed by atoms with Gasteiger partial charge in [0.2, 0.25) is 0 Å². The van der Waals surface area contributed by atoms with E-state index in [-0.39, 0.29) is 0 Å². The monoisotopic (exact) mass is 205 g/mol. The molecule has 1 aromatic rings. The van der Waals surface area contributed by atoms with Crippen LogP contribution in [-0.4, -0.2) is 26.5 Å². The molecule has 0 spiro atoms. The second-order valence-corrected chi connectivity index (χ2v) is 3.38. The normalized spacial score (nSPS) is 13.5. The minimum absolute atomic E-state index is 0.657. The molecule has 3 nitrogen and oxygen atoms in total. The lowest BCUT2D eigenvalue weighted by atomic mass is 10.0. The average molecular weight is 205 g/mol. The van der Waals surface area contributed by atoms with E-state index in [1.165, 1.54) is 5.56 Å². The minimum Gasteiger partial charge on any atom is -0.493 e. The number of ether oxygens (including phenoxy) is 2. The van der Waals surface area contributed by atoms with Crippen molar-refractivity contribution in [3.8, 4) is 11.5 Å². The highest BCUT2D eigenvalue weighted by Gasteiger charge is 2.15. The van der Waals surface area contributed by atoms with Gasteiger partial charge in [-0.1, -0.05) is 0 Å². The molecule has 1 aromatic carbocycles. The average Bonchev–Trinajstić information content (AvgIpc) is 2.30. The summed E-state index contributed by atoms with van der Waals surface area (Å²) in [6, 6.07) is 3.96. The van der Waals surface area contributed by atoms with Gasteiger partial charge in [0.25, 0.3) is 0 Å². The molecule has 0 amide bonds. The Bertz CT molecular complexity index is 385. The first-order valence-corrected chi connectivity index (χ1v) is 5.19. The van der Waals surface area contributed by atoms with E-state index in [9.17, 15) is 0 Å². The summed E-state index contributed by atoms with van der Waals surface area (Å²) in [5.74, 6) is 1.69. The van der Waals surface area contributed by atoms with Crippen LogP contribution < -0.4 is 9.47 Å². The first kappa shape index (κ1) is 10.0. The van der Waals surface area contributed by atoms with Crippen molar-refractivity contribution < 1.29 is 9.47 Å². The molecule has 0 aliphatic carbocycles. The zero-order chi connectivity index (χ0) is 10.7. The van der Waals surface area contributed by atoms with Crippen molar-refractivity contribution in [2.24, 2.45) is 4.99 Å². The molecule has 0 saturated carbocycles. The number of aliphatic imine (C=N–C) groups is 1. The van der Waals surface area contributed by atoms with E-state index in [1.807, 2.05) is 25.3 Å². The number of hydrogen-bond donors (Lipinski definition) is 0. The summed E-state index contributed by atoms with van der Waals surface area (Å²) in [5.41, 5.74) is 2.36. The predicted octanol–water partition coefficient (Wildman–Crippen LogP) is 2.07. The fourth-order valence-electron chi connectivity index (χ4n) is 1.80. The Morgan fingerprint density at radius 1 is 1.40 bits per heavy atom. The van der Waals surface area contributed by atoms with E-state index < -0.39 is 0 Å². The standard InChI is InChI=1S/C12H15NO2/c1-3-15-12-10-6-7-13-8-9(10)4-5-11(12)14-2/h4-5,8H,3,6-7H2,1-2H3. The molecule has 1 aliphatic heterocycles. The quantitative estimate of drug-likeness (QED) is 0.756. The van der Waals surface area contributed by atoms with Crippen molar-refractivity contribution >= 4 is 6.21 Å². The second-order valence-electron chi connectivity index (χ2n) is 3.38. The number of nitrogens with zero attached hydrogens (tertiary/aromatic N) is 1. The van der Waals surface area contributed by atoms with Gasteiger partial charge in [0, 0.05) is 18.3 Å². The van der Waals surface area contributed by atoms with Gasteiger partial charge in [-0.15, -0.1) is 0 Å². The van der Waals surface area contributed by atoms with Crippen LogP contribution in [0.5, 0.6) is 11.5 Å². The smallest absolute Gasteiger partial charge is 0.165 e. The Labute approximate surface area is 89.7 Å². The van der Waals surface area contributed by atoms with E-state index in [4.69, 9.17) is 9.47 Å². The van der Waals surface area contributed by atoms with E-state index in [0.29, 0.717) is 6.61 Å². The summed E-state index contributed by atoms with van der Waals surface area (Å²) < 4.78 is 10.9. The molecule has 0 radical (unpaired) electrons. The van der Waals surface area contributed by atoms with Crippen molar-refractivity contribution in [3.05, 3.63) is 23.3 Å². The molecule has 80 valence electrons. The Morgan fingerprint density at radius 2 is 2.27 bits per heavy atom. The molecule has 0 bridgehead atoms. The lowest BCUT2D eigenvalue weighted by Crippen LogP contribution is -2.07. The van der Waals surface area contributed by atoms with Crippen LogP contribution in [0.15, 0.2) is 17.1 Å². The summed E-state index contributed by atoms with van der Waals surface area (Å²) >= 11 is 0. The minimum atomic E-state index is 0.657. The molecule has 0 saturated heterocycles. The summed E-state index contributed by atoms with van der Waals surface area (Å²) in [7, 11) is 1.67. The van der Waals surface area contributed by atoms with Gasteiger partial charge in [0.05, 0.1) is 13.7 Å². The van der Waals surface area contributed by atoms with Crippen molar-refractivity contribution in [3.63, 3.8) is 0 Å². The van der Waals surface area contributed by atoms with Crippen LogP contribution in [0, 0.1) is 0 Å². The maximum atomic E-state index is 5.64. The fraction of sp³-hybridized carbons (Fsp3) is 0.417. The maximum absolute atomic E-state index is 5.64. The van der Waals surface area contributed by atoms with Crippen LogP contribution in [0.1, 0.15) is 18.1 Å². The van der Waals surface area contributed by atoms with Gasteiger partial charge in [-0.2, -0.15) is 0 Å². The molecule has 15 heavy (non-hydrogen) atoms. The lowest BCUT2D eigenvalue weighted by molar-refractivity contribution is 0.307. The predicted molar refractivity (Wildman–Crippen MR) is 60.3 cm³/mol. The highest BCUT2D eigenvalue weighted by atomic mass is 16.5. The van der Waals surface area contributed by atoms with Crippen LogP contribution in [0.4, 0.5) is 0 Å². The molecule has 1 heterocycles. The van der Waals surface area contributed by atoms with Crippen molar-refractivity contribution in [2.45, 2.75) is 13.3 Å². The zero-order valence-electron chi connectivity index (χ0n) is 9.12. The molecule has 0 unspecified atom stereocenters. The summed E-state index contributed by atoms with van der Waals surface area (Å²) in [6.45, 7) is 3.47. The largest absolute Gasteiger partial charge is 0.493 e. The van der Waals surface area contributed by atoms with E-state index in [1.54, 1.807) is 7.11 Å². The van der Waals surface area contributed by atoms with Gasteiger partial charge in [-0.25, -0.2) is 0 Å². The summed E-state index contributed by atoms with van der Waals surface area (Å²) in [4.78, 5) is 4.25. The number of hydrogen-bond acceptors (Lipinski definition) is 3. The molecular weight excluding hydrogens is 190 g/mol. The Kier molecular flexibility index (Phi) is 2.90. The van der Waals surface area contributed by atoms with Crippen LogP contribution in [0.25, 0.3) is 0 Å². The first-order valence-electron chi connectivity index (χ1n) is 5.19. The third-order valence-corrected chi connectivity index (χ3v) is 2.49. The molecule has 1 aliphatic rings. The number of methoxy groups -OCH3 is 1. The maximum Gasteiger partial charge on any atom is 0.165 e. The third kappa shape index (κ3) is 1.82. The van der Waals surface area contributed by atoms with E-state index in [0.717, 1.165) is 30.0 Å². The number of rotatable bonds is 3. The SMILES string of the molecule is CCOc1c(OC)ccc2c1CCN=C2. The fourth-order valence-corrected chi connectivity index (χ4v) is 1.80. The van der Waals surface area contributed by atoms with Crippen LogP contribution >= 0.6 is 0 Å². The number of fused-ring (bicyclic) bond motifs is 1. The van der Waals surface area contributed by atoms with Crippen molar-refractivity contribution in [1.82, 2.24) is 0 Å². The van der Waals surface area contributed by atoms with Crippen LogP contribution in [-0.2, 0) is 6.42 Å². The molecule has 0 N–H and O–H groups in total. The summed E-state index contributed by atoms with van der Waals surface area (Å²) in [5, 5.41) is 0. The third-order valence-electron chi connectivity index (χ3n) is 2.49.